The minimum absolute atomic E-state index is 0.0683. The number of alkyl halides is 1. The number of nitrogens with zero attached hydrogens (tertiary/aromatic N) is 2. The third-order valence-corrected chi connectivity index (χ3v) is 11.0. The summed E-state index contributed by atoms with van der Waals surface area (Å²) in [6, 6.07) is 13.0. The van der Waals surface area contributed by atoms with Crippen molar-refractivity contribution in [1.29, 1.82) is 0 Å². The van der Waals surface area contributed by atoms with Crippen LogP contribution in [-0.2, 0) is 28.7 Å². The highest BCUT2D eigenvalue weighted by Gasteiger charge is 2.81. The van der Waals surface area contributed by atoms with Crippen molar-refractivity contribution in [2.45, 2.75) is 25.1 Å². The maximum Gasteiger partial charge on any atom is 0.334 e. The van der Waals surface area contributed by atoms with Crippen molar-refractivity contribution in [1.82, 2.24) is 0 Å². The predicted molar refractivity (Wildman–Crippen MR) is 154 cm³/mol. The van der Waals surface area contributed by atoms with Gasteiger partial charge in [-0.1, -0.05) is 22.9 Å². The molecular weight excluding hydrogens is 608 g/mol. The van der Waals surface area contributed by atoms with E-state index in [1.807, 2.05) is 0 Å². The lowest BCUT2D eigenvalue weighted by Crippen LogP contribution is -2.67. The molecule has 42 heavy (non-hydrogen) atoms. The van der Waals surface area contributed by atoms with E-state index in [2.05, 4.69) is 15.9 Å². The summed E-state index contributed by atoms with van der Waals surface area (Å²) in [6.45, 7) is 5.05. The molecule has 2 saturated heterocycles. The molecule has 10 nitrogen and oxygen atoms in total. The van der Waals surface area contributed by atoms with Crippen molar-refractivity contribution >= 4 is 56.9 Å². The first-order valence-corrected chi connectivity index (χ1v) is 14.4. The van der Waals surface area contributed by atoms with E-state index in [1.165, 1.54) is 14.2 Å². The van der Waals surface area contributed by atoms with E-state index in [-0.39, 0.29) is 12.2 Å². The van der Waals surface area contributed by atoms with Gasteiger partial charge in [0.05, 0.1) is 60.2 Å². The van der Waals surface area contributed by atoms with E-state index < -0.39 is 63.0 Å². The smallest absolute Gasteiger partial charge is 0.334 e. The molecule has 0 aromatic heterocycles. The summed E-state index contributed by atoms with van der Waals surface area (Å²) in [6.07, 6.45) is 0. The summed E-state index contributed by atoms with van der Waals surface area (Å²) in [7, 11) is 3.02. The Bertz CT molecular complexity index is 1490. The molecule has 4 amide bonds. The molecule has 3 aliphatic carbocycles. The number of methoxy groups -OCH3 is 2. The second kappa shape index (κ2) is 9.52. The number of esters is 1. The molecule has 2 bridgehead atoms. The van der Waals surface area contributed by atoms with Gasteiger partial charge < -0.3 is 14.2 Å². The molecule has 2 aliphatic heterocycles. The normalized spacial score (nSPS) is 31.5. The molecule has 2 aromatic carbocycles. The Hall–Kier alpha value is -3.99. The number of ether oxygens (including phenoxy) is 3. The van der Waals surface area contributed by atoms with E-state index in [4.69, 9.17) is 14.2 Å². The average molecular weight is 637 g/mol. The summed E-state index contributed by atoms with van der Waals surface area (Å²) in [5.74, 6) is -6.01. The lowest BCUT2D eigenvalue weighted by Gasteiger charge is -2.59. The largest absolute Gasteiger partial charge is 0.497 e. The molecule has 3 fully saturated rings. The topological polar surface area (TPSA) is 120 Å². The molecular formula is C31H29BrN2O8. The predicted octanol–water partition coefficient (Wildman–Crippen LogP) is 3.66. The van der Waals surface area contributed by atoms with Crippen molar-refractivity contribution in [3.8, 4) is 11.5 Å². The maximum atomic E-state index is 14.3. The fourth-order valence-electron chi connectivity index (χ4n) is 7.70. The van der Waals surface area contributed by atoms with Crippen LogP contribution < -0.4 is 19.3 Å². The average Bonchev–Trinajstić information content (AvgIpc) is 3.42. The summed E-state index contributed by atoms with van der Waals surface area (Å²) >= 11 is 3.77. The number of halogens is 1. The number of allylic oxidation sites excluding steroid dienone is 1. The van der Waals surface area contributed by atoms with E-state index in [0.717, 1.165) is 9.80 Å². The maximum absolute atomic E-state index is 14.3. The third-order valence-electron chi connectivity index (χ3n) is 9.44. The SMILES string of the molecule is CCOC(=O)C1=C(C)C2(Br)[C@@H]3C(=O)N(c4ccc(OC)cc4)C(=O)[C@@H]3C1(C)[C@@H]1C(=O)N(c3ccc(OC)cc3)C(=O)[C@@H]12. The highest BCUT2D eigenvalue weighted by molar-refractivity contribution is 9.10. The molecule has 7 rings (SSSR count). The standard InChI is InChI=1S/C31H29BrN2O8/c1-6-42-29(39)20-15(2)31(32)23-21(25(35)33(27(23)37)16-7-11-18(40-4)12-8-16)30(20,3)22-24(31)28(38)34(26(22)36)17-9-13-19(41-5)14-10-17/h7-14,21-24H,6H2,1-5H3/t21-,22+,23+,24-,30?,31?. The van der Waals surface area contributed by atoms with E-state index >= 15 is 0 Å². The lowest BCUT2D eigenvalue weighted by molar-refractivity contribution is -0.152. The monoisotopic (exact) mass is 636 g/mol. The number of carbonyl (C=O) groups is 5. The van der Waals surface area contributed by atoms with Gasteiger partial charge in [0.25, 0.3) is 0 Å². The Labute approximate surface area is 250 Å². The van der Waals surface area contributed by atoms with Gasteiger partial charge in [-0.25, -0.2) is 14.6 Å². The Kier molecular flexibility index (Phi) is 6.38. The molecule has 0 spiro atoms. The Morgan fingerprint density at radius 3 is 1.50 bits per heavy atom. The van der Waals surface area contributed by atoms with Gasteiger partial charge >= 0.3 is 5.97 Å². The van der Waals surface area contributed by atoms with Gasteiger partial charge in [0.2, 0.25) is 23.6 Å². The number of carbonyl (C=O) groups excluding carboxylic acids is 5. The van der Waals surface area contributed by atoms with Crippen LogP contribution in [0.1, 0.15) is 20.8 Å². The molecule has 11 heteroatoms. The van der Waals surface area contributed by atoms with Crippen LogP contribution in [0, 0.1) is 29.1 Å². The first-order valence-electron chi connectivity index (χ1n) is 13.6. The Morgan fingerprint density at radius 1 is 0.762 bits per heavy atom. The van der Waals surface area contributed by atoms with Gasteiger partial charge in [-0.3, -0.25) is 19.2 Å². The molecule has 0 radical (unpaired) electrons. The first-order chi connectivity index (χ1) is 20.0. The number of rotatable bonds is 6. The van der Waals surface area contributed by atoms with Gasteiger partial charge in [-0.15, -0.1) is 0 Å². The zero-order valence-electron chi connectivity index (χ0n) is 23.7. The van der Waals surface area contributed by atoms with Crippen molar-refractivity contribution in [3.63, 3.8) is 0 Å². The number of amides is 4. The molecule has 2 unspecified atom stereocenters. The number of hydrogen-bond acceptors (Lipinski definition) is 8. The van der Waals surface area contributed by atoms with Crippen LogP contribution in [-0.4, -0.2) is 54.7 Å². The lowest BCUT2D eigenvalue weighted by atomic mass is 9.43. The highest BCUT2D eigenvalue weighted by atomic mass is 79.9. The minimum atomic E-state index is -1.51. The number of anilines is 2. The molecule has 0 N–H and O–H groups in total. The van der Waals surface area contributed by atoms with Crippen LogP contribution in [0.3, 0.4) is 0 Å². The Balaban J connectivity index is 1.55. The summed E-state index contributed by atoms with van der Waals surface area (Å²) < 4.78 is 14.4. The fourth-order valence-corrected chi connectivity index (χ4v) is 8.82. The minimum Gasteiger partial charge on any atom is -0.497 e. The van der Waals surface area contributed by atoms with Gasteiger partial charge in [0.1, 0.15) is 11.5 Å². The van der Waals surface area contributed by atoms with Crippen LogP contribution in [0.15, 0.2) is 59.7 Å². The van der Waals surface area contributed by atoms with Gasteiger partial charge in [0.15, 0.2) is 0 Å². The number of imide groups is 2. The van der Waals surface area contributed by atoms with E-state index in [0.29, 0.717) is 28.4 Å². The van der Waals surface area contributed by atoms with E-state index in [1.54, 1.807) is 69.3 Å². The summed E-state index contributed by atoms with van der Waals surface area (Å²) in [4.78, 5) is 73.0. The quantitative estimate of drug-likeness (QED) is 0.268. The second-order valence-electron chi connectivity index (χ2n) is 11.1. The zero-order chi connectivity index (χ0) is 30.3. The van der Waals surface area contributed by atoms with Crippen molar-refractivity contribution in [2.24, 2.45) is 29.1 Å². The van der Waals surface area contributed by atoms with Gasteiger partial charge in [0, 0.05) is 11.0 Å². The van der Waals surface area contributed by atoms with Crippen LogP contribution >= 0.6 is 15.9 Å². The van der Waals surface area contributed by atoms with Crippen LogP contribution in [0.4, 0.5) is 11.4 Å². The van der Waals surface area contributed by atoms with Crippen molar-refractivity contribution in [2.75, 3.05) is 30.6 Å². The van der Waals surface area contributed by atoms with Crippen molar-refractivity contribution in [3.05, 3.63) is 59.7 Å². The van der Waals surface area contributed by atoms with Crippen LogP contribution in [0.5, 0.6) is 11.5 Å². The number of benzene rings is 2. The van der Waals surface area contributed by atoms with Gasteiger partial charge in [-0.05, 0) is 68.0 Å². The van der Waals surface area contributed by atoms with Crippen LogP contribution in [0.25, 0.3) is 0 Å². The fraction of sp³-hybridized carbons (Fsp3) is 0.387. The van der Waals surface area contributed by atoms with Crippen molar-refractivity contribution < 1.29 is 38.2 Å². The van der Waals surface area contributed by atoms with Crippen LogP contribution in [0.2, 0.25) is 0 Å². The molecule has 2 heterocycles. The first kappa shape index (κ1) is 28.1. The molecule has 218 valence electrons. The molecule has 2 aromatic rings. The highest BCUT2D eigenvalue weighted by Crippen LogP contribution is 2.72. The summed E-state index contributed by atoms with van der Waals surface area (Å²) in [5.41, 5.74) is -0.279. The molecule has 6 atom stereocenters. The molecule has 1 saturated carbocycles. The summed E-state index contributed by atoms with van der Waals surface area (Å²) in [5, 5.41) is 0. The van der Waals surface area contributed by atoms with Gasteiger partial charge in [-0.2, -0.15) is 0 Å². The zero-order valence-corrected chi connectivity index (χ0v) is 25.3. The van der Waals surface area contributed by atoms with E-state index in [9.17, 15) is 24.0 Å². The number of hydrogen-bond donors (Lipinski definition) is 0. The second-order valence-corrected chi connectivity index (χ2v) is 12.4. The third kappa shape index (κ3) is 3.34. The molecule has 5 aliphatic rings. The Morgan fingerprint density at radius 2 is 1.14 bits per heavy atom.